The molecule has 0 aromatic carbocycles. The van der Waals surface area contributed by atoms with Crippen molar-refractivity contribution in [2.45, 2.75) is 51.9 Å². The topological polar surface area (TPSA) is 9.23 Å². The normalized spacial score (nSPS) is 10.6. The van der Waals surface area contributed by atoms with Crippen molar-refractivity contribution in [1.82, 2.24) is 0 Å². The largest absolute Gasteiger partial charge is 0.377 e. The summed E-state index contributed by atoms with van der Waals surface area (Å²) in [4.78, 5) is 0. The quantitative estimate of drug-likeness (QED) is 0.203. The van der Waals surface area contributed by atoms with E-state index in [9.17, 15) is 0 Å². The van der Waals surface area contributed by atoms with E-state index in [0.29, 0.717) is 5.88 Å². The SMILES string of the molecule is CCCCCC/C=C\COCCC=C=CCCCl. The van der Waals surface area contributed by atoms with Gasteiger partial charge in [0.1, 0.15) is 0 Å². The van der Waals surface area contributed by atoms with Crippen molar-refractivity contribution in [3.05, 3.63) is 30.0 Å². The van der Waals surface area contributed by atoms with Gasteiger partial charge in [0.15, 0.2) is 0 Å². The summed E-state index contributed by atoms with van der Waals surface area (Å²) in [5.74, 6) is 0.667. The number of allylic oxidation sites excluding steroid dienone is 1. The van der Waals surface area contributed by atoms with E-state index in [1.165, 1.54) is 32.1 Å². The summed E-state index contributed by atoms with van der Waals surface area (Å²) in [6.07, 6.45) is 16.6. The first kappa shape index (κ1) is 17.5. The summed E-state index contributed by atoms with van der Waals surface area (Å²) in [6.45, 7) is 3.73. The molecule has 0 fully saturated rings. The van der Waals surface area contributed by atoms with Crippen molar-refractivity contribution in [2.24, 2.45) is 0 Å². The third kappa shape index (κ3) is 15.5. The van der Waals surface area contributed by atoms with Crippen molar-refractivity contribution in [2.75, 3.05) is 19.1 Å². The second-order valence-corrected chi connectivity index (χ2v) is 4.61. The molecule has 104 valence electrons. The number of alkyl halides is 1. The predicted octanol–water partition coefficient (Wildman–Crippen LogP) is 5.26. The monoisotopic (exact) mass is 270 g/mol. The zero-order chi connectivity index (χ0) is 13.3. The van der Waals surface area contributed by atoms with E-state index in [1.54, 1.807) is 0 Å². The van der Waals surface area contributed by atoms with Gasteiger partial charge >= 0.3 is 0 Å². The summed E-state index contributed by atoms with van der Waals surface area (Å²) >= 11 is 5.54. The molecule has 0 amide bonds. The Balaban J connectivity index is 3.19. The minimum absolute atomic E-state index is 0.667. The summed E-state index contributed by atoms with van der Waals surface area (Å²) in [7, 11) is 0. The van der Waals surface area contributed by atoms with Crippen LogP contribution in [0.4, 0.5) is 0 Å². The smallest absolute Gasteiger partial charge is 0.0647 e. The second kappa shape index (κ2) is 16.5. The molecule has 0 rings (SSSR count). The van der Waals surface area contributed by atoms with E-state index in [-0.39, 0.29) is 0 Å². The summed E-state index contributed by atoms with van der Waals surface area (Å²) in [5.41, 5.74) is 3.08. The van der Waals surface area contributed by atoms with Crippen molar-refractivity contribution in [1.29, 1.82) is 0 Å². The van der Waals surface area contributed by atoms with Crippen LogP contribution in [0.2, 0.25) is 0 Å². The molecule has 0 spiro atoms. The predicted molar refractivity (Wildman–Crippen MR) is 81.3 cm³/mol. The van der Waals surface area contributed by atoms with Crippen LogP contribution in [0.25, 0.3) is 0 Å². The lowest BCUT2D eigenvalue weighted by Gasteiger charge is -1.97. The van der Waals surface area contributed by atoms with E-state index in [1.807, 2.05) is 12.2 Å². The average molecular weight is 271 g/mol. The highest BCUT2D eigenvalue weighted by molar-refractivity contribution is 6.17. The molecule has 0 saturated heterocycles. The fourth-order valence-corrected chi connectivity index (χ4v) is 1.58. The molecule has 0 aromatic rings. The fourth-order valence-electron chi connectivity index (χ4n) is 1.47. The van der Waals surface area contributed by atoms with Crippen LogP contribution < -0.4 is 0 Å². The highest BCUT2D eigenvalue weighted by atomic mass is 35.5. The van der Waals surface area contributed by atoms with Crippen LogP contribution in [0.1, 0.15) is 51.9 Å². The molecule has 0 aliphatic carbocycles. The molecule has 0 N–H and O–H groups in total. The Kier molecular flexibility index (Phi) is 16.1. The summed E-state index contributed by atoms with van der Waals surface area (Å²) < 4.78 is 5.47. The lowest BCUT2D eigenvalue weighted by Crippen LogP contribution is -1.92. The molecule has 0 saturated carbocycles. The van der Waals surface area contributed by atoms with Crippen molar-refractivity contribution in [3.63, 3.8) is 0 Å². The number of halogens is 1. The third-order valence-corrected chi connectivity index (χ3v) is 2.72. The number of unbranched alkanes of at least 4 members (excludes halogenated alkanes) is 4. The highest BCUT2D eigenvalue weighted by Gasteiger charge is 1.85. The Morgan fingerprint density at radius 1 is 1.00 bits per heavy atom. The highest BCUT2D eigenvalue weighted by Crippen LogP contribution is 2.02. The molecule has 0 radical (unpaired) electrons. The lowest BCUT2D eigenvalue weighted by atomic mass is 10.1. The number of hydrogen-bond donors (Lipinski definition) is 0. The fraction of sp³-hybridized carbons (Fsp3) is 0.688. The molecule has 0 aromatic heterocycles. The zero-order valence-corrected chi connectivity index (χ0v) is 12.4. The molecule has 2 heteroatoms. The van der Waals surface area contributed by atoms with Gasteiger partial charge in [0.05, 0.1) is 13.2 Å². The molecule has 0 bridgehead atoms. The average Bonchev–Trinajstić information content (AvgIpc) is 2.39. The van der Waals surface area contributed by atoms with Gasteiger partial charge in [-0.3, -0.25) is 0 Å². The third-order valence-electron chi connectivity index (χ3n) is 2.50. The van der Waals surface area contributed by atoms with Crippen LogP contribution >= 0.6 is 11.6 Å². The van der Waals surface area contributed by atoms with Gasteiger partial charge in [0, 0.05) is 5.88 Å². The lowest BCUT2D eigenvalue weighted by molar-refractivity contribution is 0.167. The zero-order valence-electron chi connectivity index (χ0n) is 11.7. The Hall–Kier alpha value is -0.490. The molecule has 0 atom stereocenters. The van der Waals surface area contributed by atoms with Gasteiger partial charge in [-0.2, -0.15) is 0 Å². The summed E-state index contributed by atoms with van der Waals surface area (Å²) in [6, 6.07) is 0. The van der Waals surface area contributed by atoms with Crippen molar-refractivity contribution >= 4 is 11.6 Å². The molecule has 18 heavy (non-hydrogen) atoms. The Morgan fingerprint density at radius 3 is 2.61 bits per heavy atom. The standard InChI is InChI=1S/C16H27ClO/c1-2-3-4-5-6-9-12-15-18-16-13-10-7-8-11-14-17/h8-10,12H,2-6,11,13-16H2,1H3/b12-9-. The van der Waals surface area contributed by atoms with E-state index in [4.69, 9.17) is 16.3 Å². The molecule has 0 aliphatic heterocycles. The van der Waals surface area contributed by atoms with Crippen LogP contribution in [0.3, 0.4) is 0 Å². The molecule has 0 aliphatic rings. The van der Waals surface area contributed by atoms with Gasteiger partial charge in [-0.25, -0.2) is 0 Å². The van der Waals surface area contributed by atoms with Gasteiger partial charge in [-0.15, -0.1) is 17.3 Å². The number of rotatable bonds is 12. The maximum absolute atomic E-state index is 5.54. The van der Waals surface area contributed by atoms with E-state index in [0.717, 1.165) is 26.1 Å². The van der Waals surface area contributed by atoms with Gasteiger partial charge in [-0.1, -0.05) is 38.3 Å². The van der Waals surface area contributed by atoms with Crippen molar-refractivity contribution in [3.8, 4) is 0 Å². The summed E-state index contributed by atoms with van der Waals surface area (Å²) in [5, 5.41) is 0. The van der Waals surface area contributed by atoms with Crippen LogP contribution in [0, 0.1) is 0 Å². The first-order chi connectivity index (χ1) is 8.91. The van der Waals surface area contributed by atoms with Crippen LogP contribution in [-0.4, -0.2) is 19.1 Å². The maximum Gasteiger partial charge on any atom is 0.0647 e. The molecule has 1 nitrogen and oxygen atoms in total. The Morgan fingerprint density at radius 2 is 1.83 bits per heavy atom. The van der Waals surface area contributed by atoms with Crippen molar-refractivity contribution < 1.29 is 4.74 Å². The Labute approximate surface area is 118 Å². The van der Waals surface area contributed by atoms with Gasteiger partial charge in [0.2, 0.25) is 0 Å². The van der Waals surface area contributed by atoms with Crippen LogP contribution in [0.15, 0.2) is 30.0 Å². The van der Waals surface area contributed by atoms with Gasteiger partial charge in [-0.05, 0) is 37.8 Å². The molecular formula is C16H27ClO. The van der Waals surface area contributed by atoms with Crippen LogP contribution in [-0.2, 0) is 4.74 Å². The minimum atomic E-state index is 0.667. The van der Waals surface area contributed by atoms with E-state index < -0.39 is 0 Å². The second-order valence-electron chi connectivity index (χ2n) is 4.24. The first-order valence-electron chi connectivity index (χ1n) is 7.10. The van der Waals surface area contributed by atoms with Gasteiger partial charge < -0.3 is 4.74 Å². The first-order valence-corrected chi connectivity index (χ1v) is 7.63. The molecule has 0 unspecified atom stereocenters. The number of hydrogen-bond acceptors (Lipinski definition) is 1. The Bertz CT molecular complexity index is 239. The van der Waals surface area contributed by atoms with Crippen LogP contribution in [0.5, 0.6) is 0 Å². The number of ether oxygens (including phenoxy) is 1. The minimum Gasteiger partial charge on any atom is -0.377 e. The van der Waals surface area contributed by atoms with E-state index in [2.05, 4.69) is 24.8 Å². The molecule has 0 heterocycles. The van der Waals surface area contributed by atoms with Gasteiger partial charge in [0.25, 0.3) is 0 Å². The molecular weight excluding hydrogens is 244 g/mol. The maximum atomic E-state index is 5.54. The van der Waals surface area contributed by atoms with E-state index >= 15 is 0 Å².